The average Bonchev–Trinajstić information content (AvgIpc) is 2.84. The molecule has 1 aromatic rings. The van der Waals surface area contributed by atoms with Crippen LogP contribution in [0.2, 0.25) is 0 Å². The smallest absolute Gasteiger partial charge is 0.350 e. The third-order valence-electron chi connectivity index (χ3n) is 3.10. The van der Waals surface area contributed by atoms with E-state index < -0.39 is 18.2 Å². The number of fused-ring (bicyclic) bond motifs is 1. The minimum atomic E-state index is -1.04. The number of esters is 1. The fourth-order valence-corrected chi connectivity index (χ4v) is 2.03. The van der Waals surface area contributed by atoms with E-state index in [4.69, 9.17) is 23.7 Å². The molecule has 7 nitrogen and oxygen atoms in total. The summed E-state index contributed by atoms with van der Waals surface area (Å²) in [7, 11) is 1.59. The number of methoxy groups -OCH3 is 1. The molecule has 0 fully saturated rings. The van der Waals surface area contributed by atoms with E-state index in [2.05, 4.69) is 0 Å². The van der Waals surface area contributed by atoms with Crippen molar-refractivity contribution in [3.8, 4) is 11.5 Å². The molecule has 0 saturated carbocycles. The van der Waals surface area contributed by atoms with Gasteiger partial charge >= 0.3 is 5.97 Å². The first-order valence-electron chi connectivity index (χ1n) is 7.02. The first-order chi connectivity index (χ1) is 10.7. The van der Waals surface area contributed by atoms with Crippen molar-refractivity contribution >= 4 is 5.97 Å². The van der Waals surface area contributed by atoms with Crippen molar-refractivity contribution in [1.29, 1.82) is 0 Å². The molecule has 1 heterocycles. The third kappa shape index (κ3) is 3.88. The molecule has 1 N–H and O–H groups in total. The topological polar surface area (TPSA) is 83.5 Å². The van der Waals surface area contributed by atoms with Crippen LogP contribution < -0.4 is 9.47 Å². The van der Waals surface area contributed by atoms with E-state index in [0.29, 0.717) is 30.3 Å². The van der Waals surface area contributed by atoms with E-state index >= 15 is 0 Å². The Morgan fingerprint density at radius 1 is 1.36 bits per heavy atom. The Morgan fingerprint density at radius 2 is 2.18 bits per heavy atom. The van der Waals surface area contributed by atoms with E-state index in [1.165, 1.54) is 0 Å². The maximum Gasteiger partial charge on any atom is 0.350 e. The van der Waals surface area contributed by atoms with E-state index in [0.717, 1.165) is 0 Å². The minimum Gasteiger partial charge on any atom is -0.475 e. The van der Waals surface area contributed by atoms with Gasteiger partial charge in [-0.05, 0) is 19.1 Å². The van der Waals surface area contributed by atoms with Crippen molar-refractivity contribution in [3.63, 3.8) is 0 Å². The van der Waals surface area contributed by atoms with Crippen LogP contribution in [0.25, 0.3) is 0 Å². The number of hydrogen-bond donors (Lipinski definition) is 1. The normalized spacial score (nSPS) is 19.4. The lowest BCUT2D eigenvalue weighted by atomic mass is 10.1. The van der Waals surface area contributed by atoms with Crippen LogP contribution >= 0.6 is 0 Å². The highest BCUT2D eigenvalue weighted by atomic mass is 16.7. The van der Waals surface area contributed by atoms with Crippen LogP contribution in [0.1, 0.15) is 18.6 Å². The molecule has 122 valence electrons. The molecular weight excluding hydrogens is 292 g/mol. The predicted octanol–water partition coefficient (Wildman–Crippen LogP) is 1.04. The van der Waals surface area contributed by atoms with Crippen LogP contribution in [-0.2, 0) is 19.0 Å². The average molecular weight is 312 g/mol. The van der Waals surface area contributed by atoms with Gasteiger partial charge in [0, 0.05) is 18.7 Å². The Hall–Kier alpha value is -1.83. The zero-order valence-electron chi connectivity index (χ0n) is 12.6. The highest BCUT2D eigenvalue weighted by molar-refractivity contribution is 5.77. The molecule has 2 atom stereocenters. The number of hydrogen-bond acceptors (Lipinski definition) is 7. The quantitative estimate of drug-likeness (QED) is 0.436. The van der Waals surface area contributed by atoms with Crippen molar-refractivity contribution in [2.24, 2.45) is 0 Å². The van der Waals surface area contributed by atoms with Gasteiger partial charge in [0.1, 0.15) is 17.6 Å². The fourth-order valence-electron chi connectivity index (χ4n) is 2.03. The van der Waals surface area contributed by atoms with Crippen LogP contribution in [0.3, 0.4) is 0 Å². The first kappa shape index (κ1) is 16.5. The molecule has 0 amide bonds. The van der Waals surface area contributed by atoms with Crippen LogP contribution in [-0.4, -0.2) is 50.9 Å². The number of carbonyl (C=O) groups is 1. The van der Waals surface area contributed by atoms with Gasteiger partial charge in [-0.25, -0.2) is 4.79 Å². The van der Waals surface area contributed by atoms with Gasteiger partial charge in [0.2, 0.25) is 6.10 Å². The zero-order valence-corrected chi connectivity index (χ0v) is 12.6. The van der Waals surface area contributed by atoms with Gasteiger partial charge in [-0.1, -0.05) is 0 Å². The lowest BCUT2D eigenvalue weighted by molar-refractivity contribution is -0.155. The fraction of sp³-hybridized carbons (Fsp3) is 0.533. The van der Waals surface area contributed by atoms with Crippen LogP contribution in [0.5, 0.6) is 11.5 Å². The maximum absolute atomic E-state index is 11.7. The first-order valence-corrected chi connectivity index (χ1v) is 7.02. The van der Waals surface area contributed by atoms with Crippen molar-refractivity contribution in [2.75, 3.05) is 33.7 Å². The predicted molar refractivity (Wildman–Crippen MR) is 75.8 cm³/mol. The van der Waals surface area contributed by atoms with Crippen LogP contribution in [0.15, 0.2) is 18.2 Å². The third-order valence-corrected chi connectivity index (χ3v) is 3.10. The summed E-state index contributed by atoms with van der Waals surface area (Å²) in [6.07, 6.45) is -2.08. The Kier molecular flexibility index (Phi) is 6.00. The summed E-state index contributed by atoms with van der Waals surface area (Å²) >= 11 is 0. The Balaban J connectivity index is 1.93. The second-order valence-corrected chi connectivity index (χ2v) is 4.60. The molecule has 0 saturated heterocycles. The number of ether oxygens (including phenoxy) is 5. The summed E-state index contributed by atoms with van der Waals surface area (Å²) < 4.78 is 25.8. The molecule has 2 rings (SSSR count). The Labute approximate surface area is 128 Å². The van der Waals surface area contributed by atoms with Gasteiger partial charge in [0.15, 0.2) is 6.79 Å². The highest BCUT2D eigenvalue weighted by Gasteiger charge is 2.39. The second-order valence-electron chi connectivity index (χ2n) is 4.60. The minimum absolute atomic E-state index is 0.0754. The lowest BCUT2D eigenvalue weighted by Gasteiger charge is -2.12. The molecule has 1 aromatic carbocycles. The number of carbonyl (C=O) groups excluding carboxylic acids is 1. The number of aliphatic hydroxyl groups excluding tert-OH is 1. The number of aliphatic hydroxyl groups is 1. The van der Waals surface area contributed by atoms with Crippen molar-refractivity contribution in [3.05, 3.63) is 23.8 Å². The Bertz CT molecular complexity index is 503. The highest BCUT2D eigenvalue weighted by Crippen LogP contribution is 2.39. The molecule has 22 heavy (non-hydrogen) atoms. The molecule has 0 unspecified atom stereocenters. The second kappa shape index (κ2) is 7.98. The molecule has 0 bridgehead atoms. The van der Waals surface area contributed by atoms with Gasteiger partial charge in [-0.15, -0.1) is 0 Å². The van der Waals surface area contributed by atoms with E-state index in [-0.39, 0.29) is 13.4 Å². The number of rotatable bonds is 8. The summed E-state index contributed by atoms with van der Waals surface area (Å²) in [5.74, 6) is 0.337. The largest absolute Gasteiger partial charge is 0.475 e. The summed E-state index contributed by atoms with van der Waals surface area (Å²) in [5, 5.41) is 10.1. The summed E-state index contributed by atoms with van der Waals surface area (Å²) in [5.41, 5.74) is 0.533. The van der Waals surface area contributed by atoms with Gasteiger partial charge in [-0.2, -0.15) is 0 Å². The van der Waals surface area contributed by atoms with Crippen LogP contribution in [0, 0.1) is 0 Å². The van der Waals surface area contributed by atoms with Crippen molar-refractivity contribution < 1.29 is 33.6 Å². The standard InChI is InChI=1S/C15H20O7/c1-3-20-15(17)14-13(16)11-5-4-10(8-12(11)22-14)21-9-19-7-6-18-2/h4-5,8,13-14,16H,3,6-7,9H2,1-2H3/t13-,14-/m0/s1. The molecule has 0 aliphatic carbocycles. The van der Waals surface area contributed by atoms with E-state index in [9.17, 15) is 9.90 Å². The van der Waals surface area contributed by atoms with Crippen molar-refractivity contribution in [1.82, 2.24) is 0 Å². The zero-order chi connectivity index (χ0) is 15.9. The molecule has 0 spiro atoms. The van der Waals surface area contributed by atoms with Gasteiger partial charge in [0.05, 0.1) is 19.8 Å². The van der Waals surface area contributed by atoms with Gasteiger partial charge in [0.25, 0.3) is 0 Å². The monoisotopic (exact) mass is 312 g/mol. The Morgan fingerprint density at radius 3 is 2.91 bits per heavy atom. The number of benzene rings is 1. The van der Waals surface area contributed by atoms with E-state index in [1.807, 2.05) is 0 Å². The molecule has 0 radical (unpaired) electrons. The molecule has 0 aromatic heterocycles. The lowest BCUT2D eigenvalue weighted by Crippen LogP contribution is -2.30. The molecular formula is C15H20O7. The molecule has 1 aliphatic heterocycles. The van der Waals surface area contributed by atoms with E-state index in [1.54, 1.807) is 32.2 Å². The van der Waals surface area contributed by atoms with Gasteiger partial charge < -0.3 is 28.8 Å². The SMILES string of the molecule is CCOC(=O)[C@H]1Oc2cc(OCOCCOC)ccc2[C@@H]1O. The van der Waals surface area contributed by atoms with Crippen LogP contribution in [0.4, 0.5) is 0 Å². The summed E-state index contributed by atoms with van der Waals surface area (Å²) in [6.45, 7) is 2.93. The summed E-state index contributed by atoms with van der Waals surface area (Å²) in [6, 6.07) is 4.94. The maximum atomic E-state index is 11.7. The van der Waals surface area contributed by atoms with Gasteiger partial charge in [-0.3, -0.25) is 0 Å². The van der Waals surface area contributed by atoms with Crippen molar-refractivity contribution in [2.45, 2.75) is 19.1 Å². The molecule has 1 aliphatic rings. The summed E-state index contributed by atoms with van der Waals surface area (Å²) in [4.78, 5) is 11.7. The molecule has 7 heteroatoms.